The lowest BCUT2D eigenvalue weighted by Gasteiger charge is -2.33. The number of fused-ring (bicyclic) bond motifs is 1. The Morgan fingerprint density at radius 3 is 2.52 bits per heavy atom. The van der Waals surface area contributed by atoms with Gasteiger partial charge in [-0.2, -0.15) is 9.97 Å². The fraction of sp³-hybridized carbons (Fsp3) is 0.538. The molecule has 1 saturated heterocycles. The molecule has 1 fully saturated rings. The highest BCUT2D eigenvalue weighted by Crippen LogP contribution is 2.32. The molecule has 0 atom stereocenters. The number of piperidine rings is 1. The van der Waals surface area contributed by atoms with Crippen LogP contribution in [0.3, 0.4) is 0 Å². The fourth-order valence-electron chi connectivity index (χ4n) is 2.44. The summed E-state index contributed by atoms with van der Waals surface area (Å²) in [7, 11) is 0. The largest absolute Gasteiger partial charge is 0.349 e. The summed E-state index contributed by atoms with van der Waals surface area (Å²) in [5, 5.41) is -0.0102. The monoisotopic (exact) mass is 313 g/mol. The third-order valence-corrected chi connectivity index (χ3v) is 3.76. The van der Waals surface area contributed by atoms with E-state index in [1.807, 2.05) is 13.8 Å². The maximum absolute atomic E-state index is 13.6. The highest BCUT2D eigenvalue weighted by molar-refractivity contribution is 6.28. The number of aryl methyl sites for hydroxylation is 2. The molecule has 21 heavy (non-hydrogen) atoms. The maximum Gasteiger partial charge on any atom is 0.265 e. The van der Waals surface area contributed by atoms with Gasteiger partial charge in [-0.05, 0) is 31.9 Å². The minimum absolute atomic E-state index is 0.0102. The average molecular weight is 314 g/mol. The lowest BCUT2D eigenvalue weighted by Crippen LogP contribution is -2.43. The number of hydrogen-bond donors (Lipinski definition) is 0. The first-order chi connectivity index (χ1) is 9.85. The van der Waals surface area contributed by atoms with E-state index < -0.39 is 5.92 Å². The van der Waals surface area contributed by atoms with Crippen LogP contribution in [0.2, 0.25) is 5.28 Å². The molecule has 0 N–H and O–H groups in total. The smallest absolute Gasteiger partial charge is 0.265 e. The highest BCUT2D eigenvalue weighted by atomic mass is 35.5. The summed E-state index contributed by atoms with van der Waals surface area (Å²) in [6.45, 7) is 3.73. The van der Waals surface area contributed by atoms with Gasteiger partial charge in [0.2, 0.25) is 5.28 Å². The molecule has 0 saturated carbocycles. The zero-order valence-corrected chi connectivity index (χ0v) is 12.5. The topological polar surface area (TPSA) is 54.8 Å². The molecule has 8 heteroatoms. The molecule has 5 nitrogen and oxygen atoms in total. The molecular weight excluding hydrogens is 300 g/mol. The lowest BCUT2D eigenvalue weighted by atomic mass is 10.1. The van der Waals surface area contributed by atoms with Crippen LogP contribution in [-0.4, -0.2) is 38.9 Å². The minimum atomic E-state index is -2.73. The highest BCUT2D eigenvalue weighted by Gasteiger charge is 2.36. The summed E-state index contributed by atoms with van der Waals surface area (Å²) in [6.07, 6.45) is 0.290. The van der Waals surface area contributed by atoms with E-state index in [4.69, 9.17) is 11.6 Å². The Morgan fingerprint density at radius 1 is 1.10 bits per heavy atom. The van der Waals surface area contributed by atoms with E-state index in [1.165, 1.54) is 4.90 Å². The van der Waals surface area contributed by atoms with E-state index >= 15 is 0 Å². The van der Waals surface area contributed by atoms with Crippen LogP contribution in [0, 0.1) is 13.8 Å². The molecule has 0 aliphatic carbocycles. The SMILES string of the molecule is Cc1nc2nc(Cl)nc(N3CCCC(F)(F)C3)c2nc1C. The van der Waals surface area contributed by atoms with Crippen LogP contribution in [0.15, 0.2) is 0 Å². The van der Waals surface area contributed by atoms with Crippen LogP contribution in [0.25, 0.3) is 11.2 Å². The standard InChI is InChI=1S/C13H14ClF2N5/c1-7-8(2)18-10-9(17-7)11(20-12(14)19-10)21-5-3-4-13(15,16)6-21/h3-6H2,1-2H3. The van der Waals surface area contributed by atoms with Crippen molar-refractivity contribution >= 4 is 28.6 Å². The van der Waals surface area contributed by atoms with Gasteiger partial charge in [-0.1, -0.05) is 0 Å². The van der Waals surface area contributed by atoms with Crippen LogP contribution in [0.4, 0.5) is 14.6 Å². The minimum Gasteiger partial charge on any atom is -0.349 e. The zero-order chi connectivity index (χ0) is 15.2. The Hall–Kier alpha value is -1.63. The molecular formula is C13H14ClF2N5. The molecule has 2 aromatic rings. The normalized spacial score (nSPS) is 18.2. The Bertz CT molecular complexity index is 707. The fourth-order valence-corrected chi connectivity index (χ4v) is 2.60. The molecule has 1 aliphatic heterocycles. The number of alkyl halides is 2. The van der Waals surface area contributed by atoms with Crippen molar-refractivity contribution in [1.29, 1.82) is 0 Å². The number of hydrogen-bond acceptors (Lipinski definition) is 5. The number of nitrogens with zero attached hydrogens (tertiary/aromatic N) is 5. The van der Waals surface area contributed by atoms with Crippen LogP contribution >= 0.6 is 11.6 Å². The second kappa shape index (κ2) is 4.98. The lowest BCUT2D eigenvalue weighted by molar-refractivity contribution is -0.0118. The Labute approximate surface area is 125 Å². The summed E-state index contributed by atoms with van der Waals surface area (Å²) in [5.74, 6) is -2.39. The van der Waals surface area contributed by atoms with Crippen molar-refractivity contribution in [3.63, 3.8) is 0 Å². The third kappa shape index (κ3) is 2.74. The number of anilines is 1. The second-order valence-electron chi connectivity index (χ2n) is 5.26. The molecule has 0 aromatic carbocycles. The molecule has 0 unspecified atom stereocenters. The average Bonchev–Trinajstić information content (AvgIpc) is 2.38. The van der Waals surface area contributed by atoms with Crippen LogP contribution in [0.1, 0.15) is 24.2 Å². The van der Waals surface area contributed by atoms with Crippen LogP contribution in [-0.2, 0) is 0 Å². The first kappa shape index (κ1) is 14.3. The third-order valence-electron chi connectivity index (χ3n) is 3.59. The van der Waals surface area contributed by atoms with Gasteiger partial charge < -0.3 is 4.90 Å². The summed E-state index contributed by atoms with van der Waals surface area (Å²) in [6, 6.07) is 0. The van der Waals surface area contributed by atoms with Crippen molar-refractivity contribution < 1.29 is 8.78 Å². The molecule has 0 radical (unpaired) electrons. The predicted octanol–water partition coefficient (Wildman–Crippen LogP) is 2.93. The number of rotatable bonds is 1. The molecule has 0 spiro atoms. The quantitative estimate of drug-likeness (QED) is 0.758. The first-order valence-electron chi connectivity index (χ1n) is 6.67. The number of aromatic nitrogens is 4. The van der Waals surface area contributed by atoms with E-state index in [0.29, 0.717) is 29.9 Å². The molecule has 3 rings (SSSR count). The molecule has 112 valence electrons. The molecule has 2 aromatic heterocycles. The van der Waals surface area contributed by atoms with Crippen molar-refractivity contribution in [3.8, 4) is 0 Å². The maximum atomic E-state index is 13.6. The second-order valence-corrected chi connectivity index (χ2v) is 5.60. The van der Waals surface area contributed by atoms with Gasteiger partial charge in [0.05, 0.1) is 17.9 Å². The molecule has 3 heterocycles. The van der Waals surface area contributed by atoms with E-state index in [0.717, 1.165) is 11.4 Å². The van der Waals surface area contributed by atoms with E-state index in [-0.39, 0.29) is 18.2 Å². The first-order valence-corrected chi connectivity index (χ1v) is 7.05. The van der Waals surface area contributed by atoms with Crippen molar-refractivity contribution in [3.05, 3.63) is 16.7 Å². The van der Waals surface area contributed by atoms with Crippen molar-refractivity contribution in [2.45, 2.75) is 32.6 Å². The van der Waals surface area contributed by atoms with Gasteiger partial charge in [-0.3, -0.25) is 0 Å². The van der Waals surface area contributed by atoms with Gasteiger partial charge in [-0.25, -0.2) is 18.7 Å². The number of halogens is 3. The Kier molecular flexibility index (Phi) is 3.39. The van der Waals surface area contributed by atoms with E-state index in [1.54, 1.807) is 0 Å². The van der Waals surface area contributed by atoms with Crippen LogP contribution in [0.5, 0.6) is 0 Å². The van der Waals surface area contributed by atoms with Gasteiger partial charge >= 0.3 is 0 Å². The van der Waals surface area contributed by atoms with Crippen molar-refractivity contribution in [2.24, 2.45) is 0 Å². The van der Waals surface area contributed by atoms with E-state index in [9.17, 15) is 8.78 Å². The van der Waals surface area contributed by atoms with Crippen molar-refractivity contribution in [2.75, 3.05) is 18.0 Å². The zero-order valence-electron chi connectivity index (χ0n) is 11.7. The predicted molar refractivity (Wildman–Crippen MR) is 76.0 cm³/mol. The summed E-state index contributed by atoms with van der Waals surface area (Å²) in [5.41, 5.74) is 2.20. The van der Waals surface area contributed by atoms with E-state index in [2.05, 4.69) is 19.9 Å². The molecule has 0 bridgehead atoms. The van der Waals surface area contributed by atoms with Gasteiger partial charge in [0, 0.05) is 13.0 Å². The molecule has 1 aliphatic rings. The van der Waals surface area contributed by atoms with Crippen LogP contribution < -0.4 is 4.90 Å². The summed E-state index contributed by atoms with van der Waals surface area (Å²) in [4.78, 5) is 18.4. The summed E-state index contributed by atoms with van der Waals surface area (Å²) >= 11 is 5.90. The van der Waals surface area contributed by atoms with Gasteiger partial charge in [0.25, 0.3) is 5.92 Å². The molecule has 0 amide bonds. The Balaban J connectivity index is 2.15. The van der Waals surface area contributed by atoms with Gasteiger partial charge in [0.1, 0.15) is 0 Å². The van der Waals surface area contributed by atoms with Gasteiger partial charge in [-0.15, -0.1) is 0 Å². The van der Waals surface area contributed by atoms with Gasteiger partial charge in [0.15, 0.2) is 17.0 Å². The summed E-state index contributed by atoms with van der Waals surface area (Å²) < 4.78 is 27.3. The van der Waals surface area contributed by atoms with Crippen molar-refractivity contribution in [1.82, 2.24) is 19.9 Å². The Morgan fingerprint density at radius 2 is 1.81 bits per heavy atom.